The number of fused-ring (bicyclic) bond motifs is 3. The first kappa shape index (κ1) is 49.4. The molecule has 1 saturated carbocycles. The van der Waals surface area contributed by atoms with E-state index in [0.29, 0.717) is 55.1 Å². The lowest BCUT2D eigenvalue weighted by Crippen LogP contribution is -2.45. The number of rotatable bonds is 7. The van der Waals surface area contributed by atoms with Crippen LogP contribution in [0.15, 0.2) is 54.6 Å². The molecule has 2 N–H and O–H groups in total. The molecule has 3 saturated heterocycles. The number of urea groups is 2. The first-order chi connectivity index (χ1) is 32.8. The summed E-state index contributed by atoms with van der Waals surface area (Å²) >= 11 is 0. The number of alkyl halides is 3. The molecule has 4 fully saturated rings. The van der Waals surface area contributed by atoms with Gasteiger partial charge in [0.05, 0.1) is 7.11 Å². The van der Waals surface area contributed by atoms with Crippen LogP contribution in [0, 0.1) is 29.5 Å². The van der Waals surface area contributed by atoms with Crippen molar-refractivity contribution < 1.29 is 41.4 Å². The second kappa shape index (κ2) is 22.2. The Kier molecular flexibility index (Phi) is 16.1. The maximum absolute atomic E-state index is 13.5. The highest BCUT2D eigenvalue weighted by atomic mass is 19.4. The number of nitrogens with one attached hydrogen (secondary N) is 2. The van der Waals surface area contributed by atoms with Crippen molar-refractivity contribution in [3.05, 3.63) is 93.8 Å². The van der Waals surface area contributed by atoms with Gasteiger partial charge in [-0.1, -0.05) is 18.2 Å². The number of ether oxygens (including phenoxy) is 2. The minimum absolute atomic E-state index is 0.0151. The molecule has 0 radical (unpaired) electrons. The molecule has 3 unspecified atom stereocenters. The van der Waals surface area contributed by atoms with Crippen molar-refractivity contribution in [1.82, 2.24) is 25.3 Å². The third kappa shape index (κ3) is 12.0. The van der Waals surface area contributed by atoms with Gasteiger partial charge in [0, 0.05) is 58.8 Å². The molecule has 0 bridgehead atoms. The maximum Gasteiger partial charge on any atom is 0.573 e. The third-order valence-electron chi connectivity index (χ3n) is 16.1. The number of nitrogens with zero attached hydrogens (tertiary/aromatic N) is 3. The van der Waals surface area contributed by atoms with Crippen molar-refractivity contribution in [3.63, 3.8) is 0 Å². The fourth-order valence-corrected chi connectivity index (χ4v) is 12.4. The summed E-state index contributed by atoms with van der Waals surface area (Å²) in [5.74, 6) is 4.60. The van der Waals surface area contributed by atoms with Crippen LogP contribution in [-0.2, 0) is 24.1 Å². The van der Waals surface area contributed by atoms with Gasteiger partial charge in [-0.3, -0.25) is 4.79 Å². The van der Waals surface area contributed by atoms with E-state index in [-0.39, 0.29) is 29.5 Å². The summed E-state index contributed by atoms with van der Waals surface area (Å²) in [5, 5.41) is 5.49. The summed E-state index contributed by atoms with van der Waals surface area (Å²) in [5.41, 5.74) is 7.65. The van der Waals surface area contributed by atoms with Crippen LogP contribution in [0.5, 0.6) is 11.5 Å². The second-order valence-electron chi connectivity index (χ2n) is 20.1. The average molecular weight is 946 g/mol. The quantitative estimate of drug-likeness (QED) is 0.230. The molecule has 14 heteroatoms. The molecule has 3 aromatic carbocycles. The summed E-state index contributed by atoms with van der Waals surface area (Å²) in [6, 6.07) is 16.5. The van der Waals surface area contributed by atoms with Gasteiger partial charge in [0.25, 0.3) is 0 Å². The van der Waals surface area contributed by atoms with Crippen LogP contribution >= 0.6 is 0 Å². The standard InChI is InChI=1S/C20H27NO2.C18H23F3N2O2.C16H21FN2O/c1-23-17-8-7-14-3-2-4-18(19(14)13-17)15-9-11-21(12-10-15)20(22)16-5-6-16;1-2-22-17(24)23-9-7-13(8-10-23)15-6-4-12-3-5-14(11-16(12)15)25-18(19,20)21;1-18-16(20)19-8-6-12(7-9-19)14-5-3-11-2-4-13(17)10-15(11)14/h7-8,13,15-16,18H,2-6,9-12H2,1H3;3,5,11,13,15H,2,4,6-10H2,1H3,(H,22,24);2,4,10,12,14H,3,5-9H2,1H3,(H,18,20). The number of piperidine rings is 3. The molecule has 10 nitrogen and oxygen atoms in total. The Labute approximate surface area is 399 Å². The number of halogens is 4. The topological polar surface area (TPSA) is 103 Å². The molecule has 3 aromatic rings. The molecule has 5 amide bonds. The van der Waals surface area contributed by atoms with Gasteiger partial charge in [0.15, 0.2) is 0 Å². The monoisotopic (exact) mass is 946 g/mol. The Morgan fingerprint density at radius 1 is 0.603 bits per heavy atom. The number of methoxy groups -OCH3 is 1. The van der Waals surface area contributed by atoms with Crippen LogP contribution < -0.4 is 20.1 Å². The predicted octanol–water partition coefficient (Wildman–Crippen LogP) is 10.7. The van der Waals surface area contributed by atoms with E-state index < -0.39 is 6.36 Å². The van der Waals surface area contributed by atoms with Gasteiger partial charge in [-0.25, -0.2) is 14.0 Å². The van der Waals surface area contributed by atoms with Gasteiger partial charge in [0.2, 0.25) is 5.91 Å². The van der Waals surface area contributed by atoms with Gasteiger partial charge in [-0.2, -0.15) is 0 Å². The van der Waals surface area contributed by atoms with Crippen molar-refractivity contribution in [2.45, 2.75) is 127 Å². The zero-order chi connectivity index (χ0) is 48.0. The number of carbonyl (C=O) groups excluding carboxylic acids is 3. The summed E-state index contributed by atoms with van der Waals surface area (Å²) in [7, 11) is 3.42. The maximum atomic E-state index is 13.5. The summed E-state index contributed by atoms with van der Waals surface area (Å²) < 4.78 is 60.4. The Hall–Kier alpha value is -5.01. The SMILES string of the molecule is CCNC(=O)N1CCC(C2CCc3ccc(OC(F)(F)F)cc32)CC1.CNC(=O)N1CCC(C2CCc3ccc(F)cc32)CC1.COc1ccc2c(c1)C(C1CCN(C(=O)C3CC3)CC1)CCC2. The van der Waals surface area contributed by atoms with E-state index in [1.54, 1.807) is 38.4 Å². The van der Waals surface area contributed by atoms with Gasteiger partial charge in [-0.05, 0) is 209 Å². The number of amides is 5. The fraction of sp³-hybridized carbons (Fsp3) is 0.611. The minimum atomic E-state index is -4.67. The molecule has 3 aliphatic heterocycles. The smallest absolute Gasteiger partial charge is 0.497 e. The molecular formula is C54H71F4N5O5. The van der Waals surface area contributed by atoms with E-state index in [1.807, 2.05) is 22.8 Å². The zero-order valence-electron chi connectivity index (χ0n) is 40.2. The van der Waals surface area contributed by atoms with E-state index in [0.717, 1.165) is 113 Å². The number of benzene rings is 3. The fourth-order valence-electron chi connectivity index (χ4n) is 12.4. The predicted molar refractivity (Wildman–Crippen MR) is 254 cm³/mol. The molecule has 10 rings (SSSR count). The highest BCUT2D eigenvalue weighted by Crippen LogP contribution is 2.46. The molecule has 7 aliphatic rings. The molecule has 3 heterocycles. The van der Waals surface area contributed by atoms with Crippen LogP contribution in [-0.4, -0.2) is 99.0 Å². The lowest BCUT2D eigenvalue weighted by molar-refractivity contribution is -0.274. The van der Waals surface area contributed by atoms with Crippen molar-refractivity contribution in [2.24, 2.45) is 23.7 Å². The van der Waals surface area contributed by atoms with E-state index in [9.17, 15) is 31.9 Å². The van der Waals surface area contributed by atoms with E-state index in [4.69, 9.17) is 4.74 Å². The average Bonchev–Trinajstić information content (AvgIpc) is 4.00. The Balaban J connectivity index is 0.000000139. The van der Waals surface area contributed by atoms with Crippen LogP contribution in [0.1, 0.15) is 135 Å². The van der Waals surface area contributed by atoms with E-state index >= 15 is 0 Å². The Bertz CT molecular complexity index is 2210. The first-order valence-corrected chi connectivity index (χ1v) is 25.4. The summed E-state index contributed by atoms with van der Waals surface area (Å²) in [4.78, 5) is 41.6. The Morgan fingerprint density at radius 2 is 1.07 bits per heavy atom. The normalized spacial score (nSPS) is 22.9. The second-order valence-corrected chi connectivity index (χ2v) is 20.1. The number of hydrogen-bond donors (Lipinski definition) is 2. The largest absolute Gasteiger partial charge is 0.573 e. The third-order valence-corrected chi connectivity index (χ3v) is 16.1. The zero-order valence-corrected chi connectivity index (χ0v) is 40.2. The summed E-state index contributed by atoms with van der Waals surface area (Å²) in [6.07, 6.45) is 11.5. The number of likely N-dealkylation sites (tertiary alicyclic amines) is 3. The van der Waals surface area contributed by atoms with Gasteiger partial charge >= 0.3 is 18.4 Å². The van der Waals surface area contributed by atoms with Gasteiger partial charge in [-0.15, -0.1) is 13.2 Å². The molecule has 0 spiro atoms. The molecule has 4 aliphatic carbocycles. The van der Waals surface area contributed by atoms with E-state index in [2.05, 4.69) is 38.5 Å². The van der Waals surface area contributed by atoms with Crippen LogP contribution in [0.4, 0.5) is 27.2 Å². The molecular weight excluding hydrogens is 875 g/mol. The van der Waals surface area contributed by atoms with Crippen LogP contribution in [0.3, 0.4) is 0 Å². The molecule has 68 heavy (non-hydrogen) atoms. The van der Waals surface area contributed by atoms with Gasteiger partial charge < -0.3 is 34.8 Å². The number of hydrogen-bond acceptors (Lipinski definition) is 5. The van der Waals surface area contributed by atoms with Crippen molar-refractivity contribution in [2.75, 3.05) is 60.0 Å². The van der Waals surface area contributed by atoms with Crippen molar-refractivity contribution in [1.29, 1.82) is 0 Å². The molecule has 370 valence electrons. The van der Waals surface area contributed by atoms with Crippen molar-refractivity contribution in [3.8, 4) is 11.5 Å². The number of carbonyl (C=O) groups is 3. The highest BCUT2D eigenvalue weighted by Gasteiger charge is 2.39. The van der Waals surface area contributed by atoms with E-state index in [1.165, 1.54) is 60.4 Å². The van der Waals surface area contributed by atoms with Crippen LogP contribution in [0.2, 0.25) is 0 Å². The first-order valence-electron chi connectivity index (χ1n) is 25.4. The lowest BCUT2D eigenvalue weighted by Gasteiger charge is -2.38. The number of aryl methyl sites for hydroxylation is 3. The van der Waals surface area contributed by atoms with Crippen molar-refractivity contribution >= 4 is 18.0 Å². The molecule has 3 atom stereocenters. The Morgan fingerprint density at radius 3 is 1.59 bits per heavy atom. The summed E-state index contributed by atoms with van der Waals surface area (Å²) in [6.45, 7) is 7.45. The lowest BCUT2D eigenvalue weighted by atomic mass is 9.72. The van der Waals surface area contributed by atoms with Crippen LogP contribution in [0.25, 0.3) is 0 Å². The molecule has 0 aromatic heterocycles. The minimum Gasteiger partial charge on any atom is -0.497 e. The highest BCUT2D eigenvalue weighted by molar-refractivity contribution is 5.81. The van der Waals surface area contributed by atoms with Gasteiger partial charge in [0.1, 0.15) is 17.3 Å².